The van der Waals surface area contributed by atoms with Crippen LogP contribution in [0.15, 0.2) is 59.1 Å². The fourth-order valence-corrected chi connectivity index (χ4v) is 4.17. The Morgan fingerprint density at radius 1 is 1.15 bits per heavy atom. The molecule has 130 valence electrons. The molecular formula is C17H11ClFN5S2. The van der Waals surface area contributed by atoms with E-state index in [0.717, 1.165) is 22.0 Å². The molecule has 9 heteroatoms. The number of thioether (sulfide) groups is 1. The van der Waals surface area contributed by atoms with Crippen LogP contribution in [0.2, 0.25) is 5.02 Å². The van der Waals surface area contributed by atoms with Crippen molar-refractivity contribution in [3.8, 4) is 16.3 Å². The molecule has 0 N–H and O–H groups in total. The Morgan fingerprint density at radius 3 is 2.81 bits per heavy atom. The van der Waals surface area contributed by atoms with E-state index in [1.165, 1.54) is 35.2 Å². The summed E-state index contributed by atoms with van der Waals surface area (Å²) in [4.78, 5) is 4.60. The van der Waals surface area contributed by atoms with E-state index in [0.29, 0.717) is 15.9 Å². The molecule has 0 radical (unpaired) electrons. The highest BCUT2D eigenvalue weighted by molar-refractivity contribution is 7.98. The van der Waals surface area contributed by atoms with Crippen LogP contribution in [0.25, 0.3) is 16.3 Å². The summed E-state index contributed by atoms with van der Waals surface area (Å²) < 4.78 is 14.7. The second-order valence-electron chi connectivity index (χ2n) is 5.29. The zero-order valence-electron chi connectivity index (χ0n) is 13.2. The topological polar surface area (TPSA) is 56.5 Å². The third kappa shape index (κ3) is 3.77. The zero-order chi connectivity index (χ0) is 17.9. The molecule has 0 aliphatic heterocycles. The fourth-order valence-electron chi connectivity index (χ4n) is 2.28. The van der Waals surface area contributed by atoms with E-state index < -0.39 is 0 Å². The van der Waals surface area contributed by atoms with Gasteiger partial charge >= 0.3 is 0 Å². The first-order valence-corrected chi connectivity index (χ1v) is 9.81. The molecule has 4 aromatic rings. The number of halogens is 2. The van der Waals surface area contributed by atoms with Gasteiger partial charge in [-0.3, -0.25) is 0 Å². The van der Waals surface area contributed by atoms with Gasteiger partial charge in [-0.25, -0.2) is 9.37 Å². The van der Waals surface area contributed by atoms with E-state index in [9.17, 15) is 4.39 Å². The monoisotopic (exact) mass is 403 g/mol. The number of thiazole rings is 1. The lowest BCUT2D eigenvalue weighted by Gasteiger charge is -2.03. The highest BCUT2D eigenvalue weighted by atomic mass is 35.5. The molecule has 4 rings (SSSR count). The molecule has 0 fully saturated rings. The molecule has 0 atom stereocenters. The van der Waals surface area contributed by atoms with Gasteiger partial charge in [-0.05, 0) is 52.9 Å². The van der Waals surface area contributed by atoms with Gasteiger partial charge in [0, 0.05) is 21.7 Å². The molecule has 0 aliphatic carbocycles. The minimum absolute atomic E-state index is 0.256. The molecule has 2 aromatic heterocycles. The zero-order valence-corrected chi connectivity index (χ0v) is 15.6. The van der Waals surface area contributed by atoms with Crippen LogP contribution in [-0.2, 0) is 5.75 Å². The number of hydrogen-bond acceptors (Lipinski definition) is 6. The minimum atomic E-state index is -0.256. The molecule has 0 saturated heterocycles. The first kappa shape index (κ1) is 17.1. The number of nitrogens with zero attached hydrogens (tertiary/aromatic N) is 5. The summed E-state index contributed by atoms with van der Waals surface area (Å²) in [6.07, 6.45) is 0. The van der Waals surface area contributed by atoms with Crippen molar-refractivity contribution in [2.24, 2.45) is 0 Å². The van der Waals surface area contributed by atoms with Crippen molar-refractivity contribution in [2.75, 3.05) is 0 Å². The summed E-state index contributed by atoms with van der Waals surface area (Å²) in [6, 6.07) is 13.7. The van der Waals surface area contributed by atoms with Gasteiger partial charge in [0.05, 0.1) is 11.4 Å². The van der Waals surface area contributed by atoms with Crippen LogP contribution in [0.5, 0.6) is 0 Å². The van der Waals surface area contributed by atoms with Gasteiger partial charge in [0.15, 0.2) is 0 Å². The summed E-state index contributed by atoms with van der Waals surface area (Å²) in [5.74, 6) is 0.368. The lowest BCUT2D eigenvalue weighted by molar-refractivity contribution is 0.628. The summed E-state index contributed by atoms with van der Waals surface area (Å²) >= 11 is 9.05. The van der Waals surface area contributed by atoms with Crippen molar-refractivity contribution < 1.29 is 4.39 Å². The normalized spacial score (nSPS) is 11.0. The average molecular weight is 404 g/mol. The number of hydrogen-bond donors (Lipinski definition) is 0. The predicted octanol–water partition coefficient (Wildman–Crippen LogP) is 4.87. The van der Waals surface area contributed by atoms with E-state index in [1.807, 2.05) is 17.5 Å². The Balaban J connectivity index is 1.49. The maximum absolute atomic E-state index is 13.0. The van der Waals surface area contributed by atoms with Gasteiger partial charge in [-0.1, -0.05) is 29.4 Å². The van der Waals surface area contributed by atoms with Crippen LogP contribution in [0.1, 0.15) is 5.69 Å². The molecule has 0 unspecified atom stereocenters. The molecule has 0 spiro atoms. The Morgan fingerprint density at radius 2 is 2.00 bits per heavy atom. The molecular weight excluding hydrogens is 393 g/mol. The summed E-state index contributed by atoms with van der Waals surface area (Å²) in [5, 5.41) is 16.0. The van der Waals surface area contributed by atoms with Gasteiger partial charge < -0.3 is 0 Å². The van der Waals surface area contributed by atoms with Crippen molar-refractivity contribution in [3.63, 3.8) is 0 Å². The SMILES string of the molecule is Fc1ccc(-c2nc(CSc3nnnn3-c3cccc(Cl)c3)cs2)cc1. The van der Waals surface area contributed by atoms with Gasteiger partial charge in [-0.15, -0.1) is 16.4 Å². The fraction of sp³-hybridized carbons (Fsp3) is 0.0588. The van der Waals surface area contributed by atoms with Crippen molar-refractivity contribution in [1.29, 1.82) is 0 Å². The summed E-state index contributed by atoms with van der Waals surface area (Å²) in [5.41, 5.74) is 2.62. The van der Waals surface area contributed by atoms with E-state index in [4.69, 9.17) is 11.6 Å². The van der Waals surface area contributed by atoms with E-state index in [1.54, 1.807) is 28.9 Å². The first-order valence-electron chi connectivity index (χ1n) is 7.56. The number of tetrazole rings is 1. The van der Waals surface area contributed by atoms with Crippen LogP contribution in [0.4, 0.5) is 4.39 Å². The molecule has 0 bridgehead atoms. The van der Waals surface area contributed by atoms with E-state index in [-0.39, 0.29) is 5.82 Å². The minimum Gasteiger partial charge on any atom is -0.240 e. The summed E-state index contributed by atoms with van der Waals surface area (Å²) in [7, 11) is 0. The Bertz CT molecular complexity index is 1030. The van der Waals surface area contributed by atoms with Crippen LogP contribution < -0.4 is 0 Å². The van der Waals surface area contributed by atoms with Crippen LogP contribution in [0.3, 0.4) is 0 Å². The molecule has 0 aliphatic rings. The molecule has 2 aromatic carbocycles. The first-order chi connectivity index (χ1) is 12.7. The van der Waals surface area contributed by atoms with Crippen LogP contribution in [0, 0.1) is 5.82 Å². The standard InChI is InChI=1S/C17H11ClFN5S2/c18-12-2-1-3-15(8-12)24-17(21-22-23-24)26-10-14-9-25-16(20-14)11-4-6-13(19)7-5-11/h1-9H,10H2. The third-order valence-corrected chi connectivity index (χ3v) is 5.61. The van der Waals surface area contributed by atoms with Crippen molar-refractivity contribution in [3.05, 3.63) is 70.4 Å². The maximum Gasteiger partial charge on any atom is 0.214 e. The average Bonchev–Trinajstić information content (AvgIpc) is 3.30. The number of benzene rings is 2. The van der Waals surface area contributed by atoms with Crippen molar-refractivity contribution >= 4 is 34.7 Å². The van der Waals surface area contributed by atoms with Crippen LogP contribution >= 0.6 is 34.7 Å². The second kappa shape index (κ2) is 7.53. The maximum atomic E-state index is 13.0. The largest absolute Gasteiger partial charge is 0.240 e. The van der Waals surface area contributed by atoms with Crippen molar-refractivity contribution in [1.82, 2.24) is 25.2 Å². The second-order valence-corrected chi connectivity index (χ2v) is 7.53. The number of rotatable bonds is 5. The quantitative estimate of drug-likeness (QED) is 0.445. The van der Waals surface area contributed by atoms with Gasteiger partial charge in [0.2, 0.25) is 5.16 Å². The lowest BCUT2D eigenvalue weighted by atomic mass is 10.2. The number of aromatic nitrogens is 5. The molecule has 0 saturated carbocycles. The lowest BCUT2D eigenvalue weighted by Crippen LogP contribution is -1.99. The predicted molar refractivity (Wildman–Crippen MR) is 101 cm³/mol. The van der Waals surface area contributed by atoms with Gasteiger partial charge in [0.1, 0.15) is 10.8 Å². The molecule has 5 nitrogen and oxygen atoms in total. The highest BCUT2D eigenvalue weighted by Crippen LogP contribution is 2.28. The summed E-state index contributed by atoms with van der Waals surface area (Å²) in [6.45, 7) is 0. The van der Waals surface area contributed by atoms with E-state index in [2.05, 4.69) is 20.5 Å². The Kier molecular flexibility index (Phi) is 4.96. The van der Waals surface area contributed by atoms with Crippen LogP contribution in [-0.4, -0.2) is 25.2 Å². The Labute approximate surface area is 161 Å². The molecule has 0 amide bonds. The third-order valence-electron chi connectivity index (χ3n) is 3.49. The van der Waals surface area contributed by atoms with Gasteiger partial charge in [-0.2, -0.15) is 4.68 Å². The highest BCUT2D eigenvalue weighted by Gasteiger charge is 2.11. The van der Waals surface area contributed by atoms with E-state index >= 15 is 0 Å². The van der Waals surface area contributed by atoms with Crippen molar-refractivity contribution in [2.45, 2.75) is 10.9 Å². The smallest absolute Gasteiger partial charge is 0.214 e. The molecule has 2 heterocycles. The Hall–Kier alpha value is -2.29. The molecule has 26 heavy (non-hydrogen) atoms. The van der Waals surface area contributed by atoms with Gasteiger partial charge in [0.25, 0.3) is 0 Å².